The molecule has 0 bridgehead atoms. The lowest BCUT2D eigenvalue weighted by Crippen LogP contribution is -2.57. The van der Waals surface area contributed by atoms with Gasteiger partial charge in [0.25, 0.3) is 0 Å². The average Bonchev–Trinajstić information content (AvgIpc) is 3.52. The minimum absolute atomic E-state index is 0. The van der Waals surface area contributed by atoms with Gasteiger partial charge in [0.1, 0.15) is 24.2 Å². The van der Waals surface area contributed by atoms with E-state index < -0.39 is 97.0 Å². The monoisotopic (exact) mass is 1400 g/mol. The first kappa shape index (κ1) is 96.0. The highest BCUT2D eigenvalue weighted by molar-refractivity contribution is 8.03. The van der Waals surface area contributed by atoms with Crippen molar-refractivity contribution < 1.29 is 48.6 Å². The van der Waals surface area contributed by atoms with Gasteiger partial charge in [-0.05, 0) is 90.1 Å². The molecule has 8 unspecified atom stereocenters. The molecule has 0 aliphatic carbocycles. The van der Waals surface area contributed by atoms with Gasteiger partial charge in [-0.2, -0.15) is 23.5 Å². The van der Waals surface area contributed by atoms with Crippen molar-refractivity contribution in [3.8, 4) is 0 Å². The molecule has 0 aliphatic rings. The summed E-state index contributed by atoms with van der Waals surface area (Å²) in [7, 11) is 0. The van der Waals surface area contributed by atoms with Gasteiger partial charge < -0.3 is 87.1 Å². The number of aliphatic hydroxyl groups excluding tert-OH is 2. The number of hydrogen-bond acceptors (Lipinski definition) is 18. The highest BCUT2D eigenvalue weighted by atomic mass is 35.5. The summed E-state index contributed by atoms with van der Waals surface area (Å²) in [4.78, 5) is 106. The number of thioether (sulfide) groups is 2. The van der Waals surface area contributed by atoms with Crippen LogP contribution < -0.4 is 76.9 Å². The maximum Gasteiger partial charge on any atom is 0.244 e. The van der Waals surface area contributed by atoms with E-state index in [9.17, 15) is 48.6 Å². The lowest BCUT2D eigenvalue weighted by Gasteiger charge is -2.24. The second-order valence-corrected chi connectivity index (χ2v) is 24.9. The summed E-state index contributed by atoms with van der Waals surface area (Å²) in [5, 5.41) is 42.2. The van der Waals surface area contributed by atoms with Gasteiger partial charge in [-0.15, -0.1) is 49.6 Å². The molecule has 0 radical (unpaired) electrons. The van der Waals surface area contributed by atoms with Crippen LogP contribution in [0.3, 0.4) is 0 Å². The Morgan fingerprint density at radius 2 is 0.567 bits per heavy atom. The Morgan fingerprint density at radius 1 is 0.322 bits per heavy atom. The number of carbonyl (C=O) groups excluding carboxylic acids is 8. The molecule has 0 fully saturated rings. The number of unbranched alkanes of at least 4 members (excludes halogenated alkanes) is 20. The fourth-order valence-electron chi connectivity index (χ4n) is 9.13. The predicted octanol–water partition coefficient (Wildman–Crippen LogP) is 3.50. The molecule has 24 nitrogen and oxygen atoms in total. The van der Waals surface area contributed by atoms with Crippen molar-refractivity contribution in [2.24, 2.45) is 34.4 Å². The van der Waals surface area contributed by atoms with Crippen molar-refractivity contribution in [3.63, 3.8) is 0 Å². The van der Waals surface area contributed by atoms with Gasteiger partial charge in [-0.3, -0.25) is 38.4 Å². The second-order valence-electron chi connectivity index (χ2n) is 22.6. The van der Waals surface area contributed by atoms with Crippen molar-refractivity contribution in [1.29, 1.82) is 0 Å². The van der Waals surface area contributed by atoms with Gasteiger partial charge in [-0.1, -0.05) is 129 Å². The van der Waals surface area contributed by atoms with Crippen molar-refractivity contribution in [2.75, 3.05) is 75.5 Å². The molecule has 0 aromatic carbocycles. The second kappa shape index (κ2) is 66.3. The van der Waals surface area contributed by atoms with Crippen molar-refractivity contribution in [1.82, 2.24) is 42.5 Å². The molecule has 534 valence electrons. The van der Waals surface area contributed by atoms with E-state index in [0.717, 1.165) is 51.4 Å². The highest BCUT2D eigenvalue weighted by Crippen LogP contribution is 2.14. The third kappa shape index (κ3) is 51.7. The zero-order chi connectivity index (χ0) is 64.0. The Balaban J connectivity index is -0.00000602. The Labute approximate surface area is 572 Å². The maximum atomic E-state index is 13.9. The number of aliphatic hydroxyl groups is 2. The minimum Gasteiger partial charge on any atom is -0.394 e. The van der Waals surface area contributed by atoms with Crippen LogP contribution in [0.4, 0.5) is 0 Å². The largest absolute Gasteiger partial charge is 0.394 e. The first-order valence-electron chi connectivity index (χ1n) is 32.6. The molecule has 90 heavy (non-hydrogen) atoms. The third-order valence-corrected chi connectivity index (χ3v) is 17.1. The zero-order valence-corrected chi connectivity index (χ0v) is 59.3. The lowest BCUT2D eigenvalue weighted by atomic mass is 10.1. The van der Waals surface area contributed by atoms with Crippen LogP contribution in [0, 0.1) is 0 Å². The van der Waals surface area contributed by atoms with E-state index >= 15 is 0 Å². The maximum absolute atomic E-state index is 13.9. The van der Waals surface area contributed by atoms with Crippen molar-refractivity contribution in [2.45, 2.75) is 255 Å². The van der Waals surface area contributed by atoms with Gasteiger partial charge in [0.15, 0.2) is 0 Å². The molecule has 8 amide bonds. The first-order chi connectivity index (χ1) is 41.5. The van der Waals surface area contributed by atoms with Gasteiger partial charge in [0.2, 0.25) is 47.3 Å². The summed E-state index contributed by atoms with van der Waals surface area (Å²) >= 11 is 2.59. The Kier molecular flexibility index (Phi) is 70.7. The van der Waals surface area contributed by atoms with E-state index in [1.807, 2.05) is 0 Å². The predicted molar refractivity (Wildman–Crippen MR) is 377 cm³/mol. The number of hydrogen-bond donors (Lipinski definition) is 16. The quantitative estimate of drug-likeness (QED) is 0.0387. The van der Waals surface area contributed by atoms with Gasteiger partial charge in [0, 0.05) is 49.2 Å². The molecule has 22 N–H and O–H groups in total. The van der Waals surface area contributed by atoms with E-state index in [-0.39, 0.29) is 85.8 Å². The number of amides is 8. The first-order valence-corrected chi connectivity index (χ1v) is 34.9. The fraction of sp³-hybridized carbons (Fsp3) is 0.867. The minimum atomic E-state index is -1.28. The van der Waals surface area contributed by atoms with Crippen LogP contribution in [0.2, 0.25) is 0 Å². The van der Waals surface area contributed by atoms with E-state index in [4.69, 9.17) is 34.4 Å². The van der Waals surface area contributed by atoms with Crippen LogP contribution in [0.1, 0.15) is 206 Å². The zero-order valence-electron chi connectivity index (χ0n) is 54.4. The topological polar surface area (TPSA) is 429 Å². The number of halogens is 4. The van der Waals surface area contributed by atoms with Crippen molar-refractivity contribution in [3.05, 3.63) is 0 Å². The molecule has 30 heteroatoms. The van der Waals surface area contributed by atoms with Crippen LogP contribution in [0.5, 0.6) is 0 Å². The summed E-state index contributed by atoms with van der Waals surface area (Å²) in [6.07, 6.45) is 27.2. The summed E-state index contributed by atoms with van der Waals surface area (Å²) in [6, 6.07) is -8.28. The summed E-state index contributed by atoms with van der Waals surface area (Å²) in [5.41, 5.74) is 35.5. The summed E-state index contributed by atoms with van der Waals surface area (Å²) in [5.74, 6) is -3.49. The van der Waals surface area contributed by atoms with Gasteiger partial charge in [0.05, 0.1) is 37.4 Å². The van der Waals surface area contributed by atoms with Crippen LogP contribution in [0.15, 0.2) is 0 Å². The lowest BCUT2D eigenvalue weighted by molar-refractivity contribution is -0.132. The molecular formula is C60H124Cl4N14O10S2. The number of carbonyl (C=O) groups is 8. The van der Waals surface area contributed by atoms with Crippen LogP contribution in [-0.2, 0) is 38.4 Å². The number of rotatable bonds is 59. The standard InChI is InChI=1S/C60H120N14O10S2.4ClH/c1-3-5-7-9-11-13-15-17-19-23-35-69-57(81)49(41-75)71-59(83)51(73-55(79)47(65)29-21-25-37-67-53(77)45(63)31-27-33-61)43-85-39-40-86-44-52(74-56(80)48(66)30-22-26-38-68-54(78)46(64)32-28-34-62)60(84)72-50(42-76)58(82)70-36-24-20-18-16-14-12-10-8-6-4-2;;;;/h45-52,75-76H,3-44,61-66H2,1-2H3,(H,67,77)(H,68,78)(H,69,81)(H,70,82)(H,71,83)(H,72,84)(H,73,79)(H,74,80);4*1H. The molecule has 0 heterocycles. The Bertz CT molecular complexity index is 1700. The average molecular weight is 1410 g/mol. The van der Waals surface area contributed by atoms with Crippen LogP contribution >= 0.6 is 73.2 Å². The molecule has 0 aliphatic heterocycles. The molecule has 0 saturated carbocycles. The van der Waals surface area contributed by atoms with E-state index in [0.29, 0.717) is 102 Å². The van der Waals surface area contributed by atoms with Gasteiger partial charge in [-0.25, -0.2) is 0 Å². The normalized spacial score (nSPS) is 13.5. The molecule has 0 saturated heterocycles. The molecule has 0 aromatic heterocycles. The van der Waals surface area contributed by atoms with Crippen LogP contribution in [-0.4, -0.2) is 181 Å². The SMILES string of the molecule is CCCCCCCCCCCCNC(=O)C(CO)NC(=O)C(CSCCSCC(NC(=O)C(N)CCCCNC(=O)C(N)CCCN)C(=O)NC(CO)C(=O)NCCCCCCCCCCCC)NC(=O)C(N)CCCCNC(=O)C(N)CCCN.Cl.Cl.Cl.Cl. The Morgan fingerprint density at radius 3 is 0.856 bits per heavy atom. The van der Waals surface area contributed by atoms with Crippen molar-refractivity contribution >= 4 is 120 Å². The summed E-state index contributed by atoms with van der Waals surface area (Å²) in [6.45, 7) is 5.30. The van der Waals surface area contributed by atoms with Crippen LogP contribution in [0.25, 0.3) is 0 Å². The smallest absolute Gasteiger partial charge is 0.244 e. The number of nitrogens with two attached hydrogens (primary N) is 6. The van der Waals surface area contributed by atoms with E-state index in [2.05, 4.69) is 56.4 Å². The Hall–Kier alpha value is -2.70. The molecule has 8 atom stereocenters. The molecule has 0 spiro atoms. The van der Waals surface area contributed by atoms with E-state index in [1.165, 1.54) is 101 Å². The summed E-state index contributed by atoms with van der Waals surface area (Å²) < 4.78 is 0. The molecule has 0 aromatic rings. The fourth-order valence-corrected chi connectivity index (χ4v) is 11.4. The third-order valence-electron chi connectivity index (χ3n) is 14.8. The number of nitrogens with one attached hydrogen (secondary N) is 8. The molecular weight excluding hydrogens is 1280 g/mol. The van der Waals surface area contributed by atoms with E-state index in [1.54, 1.807) is 0 Å². The molecule has 0 rings (SSSR count). The van der Waals surface area contributed by atoms with Gasteiger partial charge >= 0.3 is 0 Å². The highest BCUT2D eigenvalue weighted by Gasteiger charge is 2.30.